The van der Waals surface area contributed by atoms with E-state index in [0.717, 1.165) is 11.8 Å². The number of fused-ring (bicyclic) bond motifs is 15. The van der Waals surface area contributed by atoms with Gasteiger partial charge in [0.25, 0.3) is 0 Å². The van der Waals surface area contributed by atoms with Crippen LogP contribution in [0.1, 0.15) is 90.5 Å². The van der Waals surface area contributed by atoms with E-state index in [1.807, 2.05) is 11.3 Å². The quantitative estimate of drug-likeness (QED) is 0.170. The summed E-state index contributed by atoms with van der Waals surface area (Å²) in [6, 6.07) is 78.1. The smallest absolute Gasteiger partial charge is 0.0719 e. The summed E-state index contributed by atoms with van der Waals surface area (Å²) in [7, 11) is 0. The summed E-state index contributed by atoms with van der Waals surface area (Å²) in [6.45, 7) is 4.84. The summed E-state index contributed by atoms with van der Waals surface area (Å²) < 4.78 is 2.69. The first kappa shape index (κ1) is 39.8. The lowest BCUT2D eigenvalue weighted by Crippen LogP contribution is -2.59. The fourth-order valence-corrected chi connectivity index (χ4v) is 17.7. The number of hydrogen-bond acceptors (Lipinski definition) is 2. The number of thiophene rings is 1. The molecular weight excluding hydrogens is 863 g/mol. The molecule has 9 aromatic carbocycles. The zero-order valence-corrected chi connectivity index (χ0v) is 40.6. The lowest BCUT2D eigenvalue weighted by Gasteiger charge is -2.65. The van der Waals surface area contributed by atoms with Crippen molar-refractivity contribution in [3.05, 3.63) is 245 Å². The normalized spacial score (nSPS) is 23.0. The molecule has 1 aromatic heterocycles. The molecule has 0 aliphatic heterocycles. The lowest BCUT2D eigenvalue weighted by atomic mass is 9.38. The van der Waals surface area contributed by atoms with Gasteiger partial charge in [-0.2, -0.15) is 0 Å². The second-order valence-corrected chi connectivity index (χ2v) is 23.4. The summed E-state index contributed by atoms with van der Waals surface area (Å²) in [5.41, 5.74) is 22.8. The van der Waals surface area contributed by atoms with E-state index in [1.54, 1.807) is 11.1 Å². The van der Waals surface area contributed by atoms with Crippen molar-refractivity contribution in [3.8, 4) is 33.4 Å². The standard InChI is InChI=1S/C68H53NS/c1-66(2)56-23-7-3-17-50(56)53-31-29-47(39-62(53)66)69(46-16-13-15-43(38-46)49-21-14-22-55-54-20-6-12-28-64(54)70-65(49)55)48-30-32-61-63(40-48)67(44-34-41-33-42(36-44)37-45(67)35-41)59-26-10-11-27-60(59)68(61)57-24-8-4-18-51(57)52-19-5-9-25-58(52)68/h3-32,38-42,44-45H,33-37H2,1-2H3. The van der Waals surface area contributed by atoms with Gasteiger partial charge in [0.1, 0.15) is 0 Å². The molecule has 0 amide bonds. The van der Waals surface area contributed by atoms with E-state index in [9.17, 15) is 0 Å². The summed E-state index contributed by atoms with van der Waals surface area (Å²) in [5.74, 6) is 2.92. The van der Waals surface area contributed by atoms with Crippen LogP contribution in [0, 0.1) is 23.7 Å². The zero-order valence-electron chi connectivity index (χ0n) is 39.8. The molecule has 0 atom stereocenters. The SMILES string of the molecule is CC1(C)c2ccccc2-c2ccc(N(c3cccc(-c4cccc5c4sc4ccccc45)c3)c3ccc4c(c3)C3(c5ccccc5C45c4ccccc4-c4ccccc45)C4CC5CC(C4)CC3C5)cc21. The molecule has 4 fully saturated rings. The molecule has 336 valence electrons. The Morgan fingerprint density at radius 2 is 0.900 bits per heavy atom. The van der Waals surface area contributed by atoms with Gasteiger partial charge in [-0.1, -0.05) is 172 Å². The maximum Gasteiger partial charge on any atom is 0.0719 e. The van der Waals surface area contributed by atoms with Gasteiger partial charge in [-0.25, -0.2) is 0 Å². The summed E-state index contributed by atoms with van der Waals surface area (Å²) >= 11 is 1.92. The molecule has 1 nitrogen and oxygen atoms in total. The van der Waals surface area contributed by atoms with Crippen LogP contribution in [0.4, 0.5) is 17.1 Å². The molecule has 17 rings (SSSR count). The van der Waals surface area contributed by atoms with E-state index >= 15 is 0 Å². The van der Waals surface area contributed by atoms with Crippen LogP contribution in [0.2, 0.25) is 0 Å². The molecular formula is C68H53NS. The van der Waals surface area contributed by atoms with Crippen LogP contribution < -0.4 is 4.90 Å². The highest BCUT2D eigenvalue weighted by molar-refractivity contribution is 7.26. The van der Waals surface area contributed by atoms with Crippen LogP contribution in [0.5, 0.6) is 0 Å². The first-order valence-electron chi connectivity index (χ1n) is 25.9. The van der Waals surface area contributed by atoms with Crippen LogP contribution in [0.3, 0.4) is 0 Å². The van der Waals surface area contributed by atoms with Crippen molar-refractivity contribution in [2.75, 3.05) is 4.90 Å². The largest absolute Gasteiger partial charge is 0.310 e. The number of nitrogens with zero attached hydrogens (tertiary/aromatic N) is 1. The maximum atomic E-state index is 2.74. The predicted molar refractivity (Wildman–Crippen MR) is 292 cm³/mol. The molecule has 7 aliphatic carbocycles. The Labute approximate surface area is 415 Å². The molecule has 2 spiro atoms. The Balaban J connectivity index is 0.976. The van der Waals surface area contributed by atoms with Gasteiger partial charge in [-0.05, 0) is 176 Å². The number of benzene rings is 9. The minimum atomic E-state index is -0.422. The van der Waals surface area contributed by atoms with Crippen molar-refractivity contribution >= 4 is 48.6 Å². The van der Waals surface area contributed by atoms with Gasteiger partial charge in [0.2, 0.25) is 0 Å². The second kappa shape index (κ2) is 14.1. The highest BCUT2D eigenvalue weighted by atomic mass is 32.1. The molecule has 4 bridgehead atoms. The lowest BCUT2D eigenvalue weighted by molar-refractivity contribution is -0.0440. The third-order valence-electron chi connectivity index (χ3n) is 18.9. The Hall–Kier alpha value is -7.00. The van der Waals surface area contributed by atoms with E-state index in [2.05, 4.69) is 219 Å². The van der Waals surface area contributed by atoms with E-state index in [1.165, 1.54) is 136 Å². The van der Waals surface area contributed by atoms with Crippen LogP contribution in [-0.2, 0) is 16.2 Å². The average Bonchev–Trinajstić information content (AvgIpc) is 4.02. The van der Waals surface area contributed by atoms with Crippen LogP contribution >= 0.6 is 11.3 Å². The zero-order chi connectivity index (χ0) is 46.1. The molecule has 10 aromatic rings. The predicted octanol–water partition coefficient (Wildman–Crippen LogP) is 17.9. The van der Waals surface area contributed by atoms with Gasteiger partial charge >= 0.3 is 0 Å². The number of anilines is 3. The first-order chi connectivity index (χ1) is 34.4. The van der Waals surface area contributed by atoms with Crippen molar-refractivity contribution in [1.29, 1.82) is 0 Å². The molecule has 0 radical (unpaired) electrons. The molecule has 2 heteroatoms. The van der Waals surface area contributed by atoms with Gasteiger partial charge in [-0.15, -0.1) is 11.3 Å². The van der Waals surface area contributed by atoms with E-state index in [0.29, 0.717) is 11.8 Å². The van der Waals surface area contributed by atoms with Gasteiger partial charge < -0.3 is 4.90 Å². The summed E-state index contributed by atoms with van der Waals surface area (Å²) in [6.07, 6.45) is 6.77. The topological polar surface area (TPSA) is 3.24 Å². The Kier molecular flexibility index (Phi) is 8.01. The minimum absolute atomic E-state index is 0.0704. The number of rotatable bonds is 4. The van der Waals surface area contributed by atoms with Crippen LogP contribution in [-0.4, -0.2) is 0 Å². The highest BCUT2D eigenvalue weighted by Gasteiger charge is 2.64. The fourth-order valence-electron chi connectivity index (χ4n) is 16.5. The monoisotopic (exact) mass is 915 g/mol. The molecule has 0 saturated heterocycles. The van der Waals surface area contributed by atoms with Gasteiger partial charge in [0.15, 0.2) is 0 Å². The summed E-state index contributed by atoms with van der Waals surface area (Å²) in [5, 5.41) is 2.67. The van der Waals surface area contributed by atoms with Crippen molar-refractivity contribution < 1.29 is 0 Å². The Morgan fingerprint density at radius 3 is 1.63 bits per heavy atom. The molecule has 0 unspecified atom stereocenters. The Morgan fingerprint density at radius 1 is 0.386 bits per heavy atom. The van der Waals surface area contributed by atoms with Crippen LogP contribution in [0.15, 0.2) is 200 Å². The van der Waals surface area contributed by atoms with Gasteiger partial charge in [-0.3, -0.25) is 0 Å². The second-order valence-electron chi connectivity index (χ2n) is 22.4. The van der Waals surface area contributed by atoms with E-state index in [-0.39, 0.29) is 10.8 Å². The van der Waals surface area contributed by atoms with Crippen LogP contribution in [0.25, 0.3) is 53.6 Å². The molecule has 4 saturated carbocycles. The van der Waals surface area contributed by atoms with Crippen molar-refractivity contribution in [1.82, 2.24) is 0 Å². The van der Waals surface area contributed by atoms with E-state index < -0.39 is 5.41 Å². The molecule has 1 heterocycles. The van der Waals surface area contributed by atoms with Gasteiger partial charge in [0.05, 0.1) is 5.41 Å². The van der Waals surface area contributed by atoms with Crippen molar-refractivity contribution in [3.63, 3.8) is 0 Å². The molecule has 7 aliphatic rings. The number of hydrogen-bond donors (Lipinski definition) is 0. The van der Waals surface area contributed by atoms with Crippen molar-refractivity contribution in [2.45, 2.75) is 62.2 Å². The Bertz CT molecular complexity index is 3790. The third-order valence-corrected chi connectivity index (χ3v) is 20.1. The minimum Gasteiger partial charge on any atom is -0.310 e. The summed E-state index contributed by atoms with van der Waals surface area (Å²) in [4.78, 5) is 2.63. The maximum absolute atomic E-state index is 2.74. The van der Waals surface area contributed by atoms with Gasteiger partial charge in [0, 0.05) is 48.1 Å². The first-order valence-corrected chi connectivity index (χ1v) is 26.7. The fraction of sp³-hybridized carbons (Fsp3) is 0.206. The highest BCUT2D eigenvalue weighted by Crippen LogP contribution is 2.72. The van der Waals surface area contributed by atoms with Crippen molar-refractivity contribution in [2.24, 2.45) is 23.7 Å². The third kappa shape index (κ3) is 4.98. The molecule has 0 N–H and O–H groups in total. The van der Waals surface area contributed by atoms with E-state index in [4.69, 9.17) is 0 Å². The molecule has 70 heavy (non-hydrogen) atoms. The average molecular weight is 916 g/mol.